The molecule has 0 N–H and O–H groups in total. The average molecular weight is 303 g/mol. The summed E-state index contributed by atoms with van der Waals surface area (Å²) in [5.74, 6) is 0. The maximum atomic E-state index is 12.2. The molecule has 0 bridgehead atoms. The van der Waals surface area contributed by atoms with Crippen LogP contribution in [-0.4, -0.2) is 46.6 Å². The van der Waals surface area contributed by atoms with Crippen molar-refractivity contribution in [2.24, 2.45) is 0 Å². The molecule has 88 valence electrons. The Morgan fingerprint density at radius 3 is 2.25 bits per heavy atom. The lowest BCUT2D eigenvalue weighted by atomic mass is 10.4. The van der Waals surface area contributed by atoms with E-state index in [1.54, 1.807) is 0 Å². The first kappa shape index (κ1) is 12.2. The van der Waals surface area contributed by atoms with Gasteiger partial charge in [-0.1, -0.05) is 15.9 Å². The van der Waals surface area contributed by atoms with Gasteiger partial charge in [0.25, 0.3) is 0 Å². The number of hydrogen-bond acceptors (Lipinski definition) is 2. The normalized spacial score (nSPS) is 20.9. The molecule has 1 unspecified atom stereocenters. The molecule has 16 heavy (non-hydrogen) atoms. The van der Waals surface area contributed by atoms with Gasteiger partial charge in [-0.3, -0.25) is 0 Å². The average Bonchev–Trinajstić information content (AvgIpc) is 2.30. The Hall–Kier alpha value is -0.230. The van der Waals surface area contributed by atoms with Crippen LogP contribution in [0.4, 0.5) is 0 Å². The van der Waals surface area contributed by atoms with E-state index in [2.05, 4.69) is 27.9 Å². The molecule has 0 radical (unpaired) electrons. The van der Waals surface area contributed by atoms with E-state index in [-0.39, 0.29) is 0 Å². The number of halogens is 1. The van der Waals surface area contributed by atoms with E-state index in [4.69, 9.17) is 0 Å². The van der Waals surface area contributed by atoms with Crippen LogP contribution < -0.4 is 0 Å². The molecule has 0 spiro atoms. The molecule has 0 aliphatic carbocycles. The van der Waals surface area contributed by atoms with E-state index in [0.29, 0.717) is 0 Å². The Labute approximate surface area is 107 Å². The maximum Gasteiger partial charge on any atom is 0.127 e. The predicted octanol–water partition coefficient (Wildman–Crippen LogP) is 1.72. The van der Waals surface area contributed by atoms with Gasteiger partial charge in [-0.15, -0.1) is 0 Å². The standard InChI is InChI=1S/C11H15BrN2OS/c1-13-6-8-14(9-7-13)16(15)11-4-2-10(12)3-5-11/h2-5H,6-9H2,1H3. The fraction of sp³-hybridized carbons (Fsp3) is 0.455. The van der Waals surface area contributed by atoms with Crippen LogP contribution in [0.1, 0.15) is 0 Å². The van der Waals surface area contributed by atoms with Gasteiger partial charge in [-0.2, -0.15) is 0 Å². The number of benzene rings is 1. The van der Waals surface area contributed by atoms with Gasteiger partial charge in [0.2, 0.25) is 0 Å². The molecule has 0 saturated carbocycles. The van der Waals surface area contributed by atoms with Crippen LogP contribution in [-0.2, 0) is 11.0 Å². The summed E-state index contributed by atoms with van der Waals surface area (Å²) in [5, 5.41) is 0. The van der Waals surface area contributed by atoms with Crippen molar-refractivity contribution in [3.05, 3.63) is 28.7 Å². The first-order valence-electron chi connectivity index (χ1n) is 5.28. The van der Waals surface area contributed by atoms with Crippen molar-refractivity contribution in [3.63, 3.8) is 0 Å². The van der Waals surface area contributed by atoms with E-state index in [1.165, 1.54) is 0 Å². The first-order valence-corrected chi connectivity index (χ1v) is 7.18. The molecule has 1 aromatic carbocycles. The van der Waals surface area contributed by atoms with Crippen molar-refractivity contribution < 1.29 is 4.21 Å². The zero-order valence-corrected chi connectivity index (χ0v) is 11.6. The molecule has 1 heterocycles. The molecule has 2 rings (SSSR count). The Morgan fingerprint density at radius 1 is 1.12 bits per heavy atom. The molecular weight excluding hydrogens is 288 g/mol. The van der Waals surface area contributed by atoms with Crippen molar-refractivity contribution in [2.75, 3.05) is 33.2 Å². The summed E-state index contributed by atoms with van der Waals surface area (Å²) < 4.78 is 15.3. The second-order valence-electron chi connectivity index (χ2n) is 3.94. The zero-order valence-electron chi connectivity index (χ0n) is 9.23. The quantitative estimate of drug-likeness (QED) is 0.830. The van der Waals surface area contributed by atoms with Gasteiger partial charge in [-0.05, 0) is 31.3 Å². The Kier molecular flexibility index (Phi) is 4.13. The van der Waals surface area contributed by atoms with Gasteiger partial charge in [0.1, 0.15) is 11.0 Å². The third-order valence-corrected chi connectivity index (χ3v) is 4.75. The Balaban J connectivity index is 2.05. The minimum atomic E-state index is -1.01. The van der Waals surface area contributed by atoms with Gasteiger partial charge < -0.3 is 4.90 Å². The maximum absolute atomic E-state index is 12.2. The van der Waals surface area contributed by atoms with Crippen LogP contribution >= 0.6 is 15.9 Å². The zero-order chi connectivity index (χ0) is 11.5. The highest BCUT2D eigenvalue weighted by molar-refractivity contribution is 9.10. The van der Waals surface area contributed by atoms with E-state index >= 15 is 0 Å². The van der Waals surface area contributed by atoms with E-state index in [1.807, 2.05) is 28.6 Å². The molecule has 0 aromatic heterocycles. The molecular formula is C11H15BrN2OS. The number of rotatable bonds is 2. The summed E-state index contributed by atoms with van der Waals surface area (Å²) >= 11 is 3.38. The predicted molar refractivity (Wildman–Crippen MR) is 69.6 cm³/mol. The second kappa shape index (κ2) is 5.40. The summed E-state index contributed by atoms with van der Waals surface area (Å²) in [6.45, 7) is 3.73. The minimum absolute atomic E-state index is 0.874. The lowest BCUT2D eigenvalue weighted by Gasteiger charge is -2.31. The molecule has 1 saturated heterocycles. The van der Waals surface area contributed by atoms with Crippen molar-refractivity contribution in [1.82, 2.24) is 9.21 Å². The van der Waals surface area contributed by atoms with Gasteiger partial charge in [0, 0.05) is 30.7 Å². The molecule has 1 aromatic rings. The monoisotopic (exact) mass is 302 g/mol. The van der Waals surface area contributed by atoms with Crippen molar-refractivity contribution in [1.29, 1.82) is 0 Å². The summed E-state index contributed by atoms with van der Waals surface area (Å²) in [7, 11) is 1.09. The Bertz CT molecular complexity index is 374. The summed E-state index contributed by atoms with van der Waals surface area (Å²) in [5.41, 5.74) is 0. The molecule has 1 atom stereocenters. The van der Waals surface area contributed by atoms with Crippen LogP contribution in [0.2, 0.25) is 0 Å². The van der Waals surface area contributed by atoms with Crippen LogP contribution in [0.15, 0.2) is 33.6 Å². The van der Waals surface area contributed by atoms with E-state index in [0.717, 1.165) is 35.5 Å². The fourth-order valence-electron chi connectivity index (χ4n) is 1.65. The Morgan fingerprint density at radius 2 is 1.69 bits per heavy atom. The molecule has 1 fully saturated rings. The third-order valence-electron chi connectivity index (χ3n) is 2.71. The van der Waals surface area contributed by atoms with Gasteiger partial charge >= 0.3 is 0 Å². The lowest BCUT2D eigenvalue weighted by Crippen LogP contribution is -2.45. The van der Waals surface area contributed by atoms with Gasteiger partial charge in [0.15, 0.2) is 0 Å². The van der Waals surface area contributed by atoms with Crippen LogP contribution in [0.3, 0.4) is 0 Å². The lowest BCUT2D eigenvalue weighted by molar-refractivity contribution is 0.228. The molecule has 3 nitrogen and oxygen atoms in total. The molecule has 0 amide bonds. The van der Waals surface area contributed by atoms with Gasteiger partial charge in [0.05, 0.1) is 4.90 Å². The largest absolute Gasteiger partial charge is 0.304 e. The first-order chi connectivity index (χ1) is 7.66. The highest BCUT2D eigenvalue weighted by atomic mass is 79.9. The van der Waals surface area contributed by atoms with E-state index < -0.39 is 11.0 Å². The molecule has 1 aliphatic rings. The topological polar surface area (TPSA) is 23.6 Å². The molecule has 5 heteroatoms. The minimum Gasteiger partial charge on any atom is -0.304 e. The van der Waals surface area contributed by atoms with Crippen LogP contribution in [0.5, 0.6) is 0 Å². The number of nitrogens with zero attached hydrogens (tertiary/aromatic N) is 2. The summed E-state index contributed by atoms with van der Waals surface area (Å²) in [4.78, 5) is 3.14. The van der Waals surface area contributed by atoms with Crippen molar-refractivity contribution in [3.8, 4) is 0 Å². The summed E-state index contributed by atoms with van der Waals surface area (Å²) in [6, 6.07) is 7.70. The van der Waals surface area contributed by atoms with E-state index in [9.17, 15) is 4.21 Å². The SMILES string of the molecule is CN1CCN(S(=O)c2ccc(Br)cc2)CC1. The smallest absolute Gasteiger partial charge is 0.127 e. The summed E-state index contributed by atoms with van der Waals surface area (Å²) in [6.07, 6.45) is 0. The van der Waals surface area contributed by atoms with Crippen LogP contribution in [0.25, 0.3) is 0 Å². The number of hydrogen-bond donors (Lipinski definition) is 0. The van der Waals surface area contributed by atoms with Crippen molar-refractivity contribution >= 4 is 26.9 Å². The highest BCUT2D eigenvalue weighted by Gasteiger charge is 2.19. The molecule has 1 aliphatic heterocycles. The number of piperazine rings is 1. The highest BCUT2D eigenvalue weighted by Crippen LogP contribution is 2.16. The second-order valence-corrected chi connectivity index (χ2v) is 6.34. The fourth-order valence-corrected chi connectivity index (χ4v) is 3.08. The third kappa shape index (κ3) is 2.91. The van der Waals surface area contributed by atoms with Gasteiger partial charge in [-0.25, -0.2) is 8.51 Å². The van der Waals surface area contributed by atoms with Crippen molar-refractivity contribution in [2.45, 2.75) is 4.90 Å². The van der Waals surface area contributed by atoms with Crippen LogP contribution in [0, 0.1) is 0 Å². The number of likely N-dealkylation sites (N-methyl/N-ethyl adjacent to an activating group) is 1.